The van der Waals surface area contributed by atoms with E-state index in [0.717, 1.165) is 83.6 Å². The van der Waals surface area contributed by atoms with Gasteiger partial charge >= 0.3 is 5.97 Å². The molecule has 0 saturated heterocycles. The number of carboxylic acids is 1. The first-order valence-electron chi connectivity index (χ1n) is 21.3. The number of carboxylic acid groups (broad SMARTS) is 1. The lowest BCUT2D eigenvalue weighted by Crippen LogP contribution is -2.67. The van der Waals surface area contributed by atoms with Crippen LogP contribution in [0, 0.1) is 56.7 Å². The second kappa shape index (κ2) is 16.0. The van der Waals surface area contributed by atoms with Crippen LogP contribution in [0.1, 0.15) is 164 Å². The van der Waals surface area contributed by atoms with Crippen LogP contribution in [-0.2, 0) is 14.4 Å². The van der Waals surface area contributed by atoms with E-state index in [2.05, 4.69) is 58.8 Å². The summed E-state index contributed by atoms with van der Waals surface area (Å²) in [5.41, 5.74) is 7.16. The van der Waals surface area contributed by atoms with Gasteiger partial charge in [-0.1, -0.05) is 66.0 Å². The number of nitrogens with two attached hydrogens (primary N) is 1. The van der Waals surface area contributed by atoms with Gasteiger partial charge in [0, 0.05) is 19.5 Å². The van der Waals surface area contributed by atoms with Crippen LogP contribution >= 0.6 is 0 Å². The van der Waals surface area contributed by atoms with Crippen molar-refractivity contribution in [1.82, 2.24) is 10.6 Å². The van der Waals surface area contributed by atoms with Gasteiger partial charge in [0.15, 0.2) is 0 Å². The largest absolute Gasteiger partial charge is 0.480 e. The van der Waals surface area contributed by atoms with E-state index in [1.807, 2.05) is 0 Å². The molecule has 8 nitrogen and oxygen atoms in total. The predicted molar refractivity (Wildman–Crippen MR) is 208 cm³/mol. The molecule has 0 aliphatic heterocycles. The first-order chi connectivity index (χ1) is 24.5. The predicted octanol–water partition coefficient (Wildman–Crippen LogP) is 8.16. The molecule has 296 valence electrons. The van der Waals surface area contributed by atoms with Crippen LogP contribution in [0.3, 0.4) is 0 Å². The Kier molecular flexibility index (Phi) is 12.7. The fourth-order valence-corrected chi connectivity index (χ4v) is 13.8. The molecule has 0 aromatic carbocycles. The third kappa shape index (κ3) is 7.39. The number of amides is 2. The molecule has 5 rings (SSSR count). The molecule has 1 unspecified atom stereocenters. The number of carbonyl (C=O) groups is 3. The Balaban J connectivity index is 1.12. The lowest BCUT2D eigenvalue weighted by molar-refractivity contribution is -0.246. The average Bonchev–Trinajstić information content (AvgIpc) is 3.49. The minimum Gasteiger partial charge on any atom is -0.480 e. The number of rotatable bonds is 16. The summed E-state index contributed by atoms with van der Waals surface area (Å²) in [5.74, 6) is 1.91. The number of carbonyl (C=O) groups excluding carboxylic acids is 2. The van der Waals surface area contributed by atoms with Crippen molar-refractivity contribution in [3.8, 4) is 0 Å². The number of fused-ring (bicyclic) bond motifs is 7. The highest BCUT2D eigenvalue weighted by atomic mass is 16.4. The average molecular weight is 726 g/mol. The third-order valence-electron chi connectivity index (χ3n) is 16.9. The maximum atomic E-state index is 14.4. The van der Waals surface area contributed by atoms with Gasteiger partial charge in [-0.2, -0.15) is 0 Å². The van der Waals surface area contributed by atoms with Crippen LogP contribution < -0.4 is 16.4 Å². The minimum absolute atomic E-state index is 0.0394. The number of nitrogens with one attached hydrogen (secondary N) is 2. The molecule has 5 aliphatic rings. The molecule has 0 heterocycles. The molecule has 2 amide bonds. The van der Waals surface area contributed by atoms with Gasteiger partial charge in [-0.05, 0) is 154 Å². The lowest BCUT2D eigenvalue weighted by Gasteiger charge is -2.72. The highest BCUT2D eigenvalue weighted by Gasteiger charge is 2.71. The Morgan fingerprint density at radius 3 is 2.15 bits per heavy atom. The van der Waals surface area contributed by atoms with Gasteiger partial charge in [0.1, 0.15) is 6.04 Å². The van der Waals surface area contributed by atoms with E-state index in [1.165, 1.54) is 31.3 Å². The zero-order valence-electron chi connectivity index (χ0n) is 33.8. The number of allylic oxidation sites excluding steroid dienone is 1. The van der Waals surface area contributed by atoms with E-state index in [-0.39, 0.29) is 39.1 Å². The summed E-state index contributed by atoms with van der Waals surface area (Å²) < 4.78 is 0. The quantitative estimate of drug-likeness (QED) is 0.0803. The summed E-state index contributed by atoms with van der Waals surface area (Å²) >= 11 is 0. The Morgan fingerprint density at radius 2 is 1.44 bits per heavy atom. The SMILES string of the molecule is C=C(C)[C@@H]1CC[C@]2(C(=O)NCCCCCCCC(=O)NCCCC[C@H](N)C(=O)O)CC[C@]3(C)[C@H](CCC4[C@@]5(C)CC[C@H](O)C(C)(C)[C@@H]5CC[C@]43C)[C@@H]12. The second-order valence-electron chi connectivity index (χ2n) is 19.8. The Bertz CT molecular complexity index is 1320. The van der Waals surface area contributed by atoms with Crippen molar-refractivity contribution in [2.24, 2.45) is 62.4 Å². The van der Waals surface area contributed by atoms with E-state index in [4.69, 9.17) is 10.8 Å². The number of aliphatic carboxylic acids is 1. The van der Waals surface area contributed by atoms with Gasteiger partial charge < -0.3 is 26.6 Å². The molecule has 6 N–H and O–H groups in total. The molecule has 0 spiro atoms. The van der Waals surface area contributed by atoms with Crippen molar-refractivity contribution < 1.29 is 24.6 Å². The van der Waals surface area contributed by atoms with E-state index < -0.39 is 12.0 Å². The first-order valence-corrected chi connectivity index (χ1v) is 21.3. The monoisotopic (exact) mass is 726 g/mol. The number of unbranched alkanes of at least 4 members (excludes halogenated alkanes) is 5. The van der Waals surface area contributed by atoms with Gasteiger partial charge in [-0.3, -0.25) is 14.4 Å². The van der Waals surface area contributed by atoms with Gasteiger partial charge in [-0.25, -0.2) is 0 Å². The smallest absolute Gasteiger partial charge is 0.320 e. The minimum atomic E-state index is -0.979. The maximum absolute atomic E-state index is 14.4. The summed E-state index contributed by atoms with van der Waals surface area (Å²) in [7, 11) is 0. The lowest BCUT2D eigenvalue weighted by atomic mass is 9.32. The highest BCUT2D eigenvalue weighted by Crippen LogP contribution is 2.77. The maximum Gasteiger partial charge on any atom is 0.320 e. The van der Waals surface area contributed by atoms with Crippen molar-refractivity contribution in [3.05, 3.63) is 12.2 Å². The van der Waals surface area contributed by atoms with E-state index >= 15 is 0 Å². The number of aliphatic hydroxyl groups excluding tert-OH is 1. The summed E-state index contributed by atoms with van der Waals surface area (Å²) in [6.45, 7) is 20.6. The fourth-order valence-electron chi connectivity index (χ4n) is 13.8. The van der Waals surface area contributed by atoms with E-state index in [0.29, 0.717) is 61.3 Å². The molecule has 5 aliphatic carbocycles. The number of hydrogen-bond donors (Lipinski definition) is 5. The zero-order valence-corrected chi connectivity index (χ0v) is 33.8. The van der Waals surface area contributed by atoms with Crippen molar-refractivity contribution in [2.45, 2.75) is 176 Å². The van der Waals surface area contributed by atoms with E-state index in [1.54, 1.807) is 0 Å². The molecule has 52 heavy (non-hydrogen) atoms. The van der Waals surface area contributed by atoms with Crippen LogP contribution in [0.5, 0.6) is 0 Å². The molecule has 0 bridgehead atoms. The molecular formula is C44H75N3O5. The topological polar surface area (TPSA) is 142 Å². The summed E-state index contributed by atoms with van der Waals surface area (Å²) in [6.07, 6.45) is 18.2. The molecule has 0 aromatic heterocycles. The second-order valence-corrected chi connectivity index (χ2v) is 19.8. The fraction of sp³-hybridized carbons (Fsp3) is 0.886. The Labute approximate surface area is 315 Å². The van der Waals surface area contributed by atoms with Crippen molar-refractivity contribution >= 4 is 17.8 Å². The summed E-state index contributed by atoms with van der Waals surface area (Å²) in [4.78, 5) is 37.4. The van der Waals surface area contributed by atoms with Crippen LogP contribution in [0.4, 0.5) is 0 Å². The van der Waals surface area contributed by atoms with Gasteiger partial charge in [0.2, 0.25) is 11.8 Å². The third-order valence-corrected chi connectivity index (χ3v) is 16.9. The molecule has 0 aromatic rings. The summed E-state index contributed by atoms with van der Waals surface area (Å²) in [5, 5.41) is 26.3. The molecule has 8 heteroatoms. The van der Waals surface area contributed by atoms with Gasteiger partial charge in [0.05, 0.1) is 11.5 Å². The number of hydrogen-bond acceptors (Lipinski definition) is 5. The molecule has 11 atom stereocenters. The van der Waals surface area contributed by atoms with Crippen molar-refractivity contribution in [1.29, 1.82) is 0 Å². The number of aliphatic hydroxyl groups is 1. The van der Waals surface area contributed by atoms with E-state index in [9.17, 15) is 19.5 Å². The normalized spacial score (nSPS) is 39.6. The molecule has 5 fully saturated rings. The first kappa shape index (κ1) is 41.2. The summed E-state index contributed by atoms with van der Waals surface area (Å²) in [6, 6.07) is -0.828. The standard InChI is InChI=1S/C44H75N3O5/c1-29(2)30-19-24-44(39(52)47-28-13-10-8-9-11-16-36(49)46-27-14-12-15-32(45)38(50)51)26-25-42(6)31(37(30)44)17-18-34-41(5)22-21-35(48)40(3,4)33(41)20-23-43(34,42)7/h30-35,37,48H,1,8-28,45H2,2-7H3,(H,46,49)(H,47,52)(H,50,51)/t30-,31+,32-,33-,34?,35-,37+,41-,42+,43+,44-/m0/s1. The van der Waals surface area contributed by atoms with Crippen LogP contribution in [-0.4, -0.2) is 53.2 Å². The Morgan fingerprint density at radius 1 is 0.769 bits per heavy atom. The molecule has 5 saturated carbocycles. The molecular weight excluding hydrogens is 651 g/mol. The van der Waals surface area contributed by atoms with Crippen LogP contribution in [0.25, 0.3) is 0 Å². The van der Waals surface area contributed by atoms with Gasteiger partial charge in [0.25, 0.3) is 0 Å². The highest BCUT2D eigenvalue weighted by molar-refractivity contribution is 5.84. The van der Waals surface area contributed by atoms with Crippen LogP contribution in [0.2, 0.25) is 0 Å². The van der Waals surface area contributed by atoms with Gasteiger partial charge in [-0.15, -0.1) is 0 Å². The van der Waals surface area contributed by atoms with Crippen molar-refractivity contribution in [3.63, 3.8) is 0 Å². The van der Waals surface area contributed by atoms with Crippen LogP contribution in [0.15, 0.2) is 12.2 Å². The Hall–Kier alpha value is -1.93. The zero-order chi connectivity index (χ0) is 38.1. The molecule has 0 radical (unpaired) electrons. The van der Waals surface area contributed by atoms with Crippen molar-refractivity contribution in [2.75, 3.05) is 13.1 Å².